The van der Waals surface area contributed by atoms with Gasteiger partial charge >= 0.3 is 0 Å². The fourth-order valence-corrected chi connectivity index (χ4v) is 2.60. The zero-order chi connectivity index (χ0) is 18.4. The van der Waals surface area contributed by atoms with Gasteiger partial charge in [-0.2, -0.15) is 0 Å². The van der Waals surface area contributed by atoms with Gasteiger partial charge in [-0.1, -0.05) is 52.3 Å². The summed E-state index contributed by atoms with van der Waals surface area (Å²) in [6.45, 7) is 9.33. The summed E-state index contributed by atoms with van der Waals surface area (Å²) >= 11 is 0. The van der Waals surface area contributed by atoms with Crippen LogP contribution in [-0.2, 0) is 5.41 Å². The minimum Gasteiger partial charge on any atom is -0.340 e. The Morgan fingerprint density at radius 3 is 2.60 bits per heavy atom. The maximum absolute atomic E-state index is 12.5. The molecule has 1 aromatic carbocycles. The van der Waals surface area contributed by atoms with Crippen molar-refractivity contribution in [2.24, 2.45) is 0 Å². The number of benzene rings is 1. The van der Waals surface area contributed by atoms with Crippen LogP contribution in [0, 0.1) is 0 Å². The third-order valence-corrected chi connectivity index (χ3v) is 4.05. The second kappa shape index (κ2) is 8.10. The molecular weight excluding hydrogens is 312 g/mol. The average molecular weight is 340 g/mol. The number of carbonyl (C=O) groups is 1. The van der Waals surface area contributed by atoms with E-state index in [1.807, 2.05) is 25.2 Å². The molecule has 0 aliphatic rings. The minimum absolute atomic E-state index is 0.00259. The maximum atomic E-state index is 12.5. The van der Waals surface area contributed by atoms with E-state index in [1.54, 1.807) is 17.2 Å². The molecule has 134 valence electrons. The summed E-state index contributed by atoms with van der Waals surface area (Å²) in [5, 5.41) is 3.26. The molecule has 0 fully saturated rings. The van der Waals surface area contributed by atoms with Gasteiger partial charge in [0.25, 0.3) is 5.91 Å². The number of rotatable bonds is 6. The highest BCUT2D eigenvalue weighted by Crippen LogP contribution is 2.30. The topological polar surface area (TPSA) is 58.1 Å². The normalized spacial score (nSPS) is 11.2. The van der Waals surface area contributed by atoms with Gasteiger partial charge in [-0.05, 0) is 29.5 Å². The molecule has 0 aliphatic heterocycles. The highest BCUT2D eigenvalue weighted by atomic mass is 16.2. The average Bonchev–Trinajstić information content (AvgIpc) is 2.58. The number of nitrogens with one attached hydrogen (secondary N) is 1. The van der Waals surface area contributed by atoms with Crippen LogP contribution in [0.1, 0.15) is 56.6 Å². The van der Waals surface area contributed by atoms with Crippen LogP contribution in [0.2, 0.25) is 0 Å². The van der Waals surface area contributed by atoms with E-state index >= 15 is 0 Å². The van der Waals surface area contributed by atoms with Gasteiger partial charge in [0.15, 0.2) is 0 Å². The van der Waals surface area contributed by atoms with Crippen molar-refractivity contribution in [2.45, 2.75) is 46.0 Å². The zero-order valence-corrected chi connectivity index (χ0v) is 15.8. The number of hydrogen-bond donors (Lipinski definition) is 1. The van der Waals surface area contributed by atoms with Crippen LogP contribution in [0.25, 0.3) is 0 Å². The summed E-state index contributed by atoms with van der Waals surface area (Å²) in [6, 6.07) is 9.76. The molecule has 1 N–H and O–H groups in total. The molecule has 25 heavy (non-hydrogen) atoms. The Morgan fingerprint density at radius 1 is 1.20 bits per heavy atom. The lowest BCUT2D eigenvalue weighted by Gasteiger charge is -2.23. The van der Waals surface area contributed by atoms with Crippen molar-refractivity contribution in [1.29, 1.82) is 0 Å². The molecular formula is C20H28N4O. The van der Waals surface area contributed by atoms with E-state index in [0.29, 0.717) is 11.6 Å². The monoisotopic (exact) mass is 340 g/mol. The van der Waals surface area contributed by atoms with Gasteiger partial charge in [-0.15, -0.1) is 0 Å². The van der Waals surface area contributed by atoms with Gasteiger partial charge in [0.05, 0.1) is 0 Å². The third kappa shape index (κ3) is 5.02. The first-order valence-electron chi connectivity index (χ1n) is 8.78. The summed E-state index contributed by atoms with van der Waals surface area (Å²) in [6.07, 6.45) is 3.66. The number of anilines is 2. The van der Waals surface area contributed by atoms with Gasteiger partial charge in [-0.25, -0.2) is 9.97 Å². The van der Waals surface area contributed by atoms with Crippen molar-refractivity contribution in [3.63, 3.8) is 0 Å². The molecule has 0 unspecified atom stereocenters. The Morgan fingerprint density at radius 2 is 1.92 bits per heavy atom. The Hall–Kier alpha value is -2.43. The second-order valence-electron chi connectivity index (χ2n) is 7.27. The van der Waals surface area contributed by atoms with Crippen molar-refractivity contribution in [2.75, 3.05) is 18.9 Å². The van der Waals surface area contributed by atoms with Gasteiger partial charge in [0, 0.05) is 25.5 Å². The summed E-state index contributed by atoms with van der Waals surface area (Å²) in [5.74, 6) is 0.356. The van der Waals surface area contributed by atoms with E-state index in [-0.39, 0.29) is 11.3 Å². The van der Waals surface area contributed by atoms with E-state index in [9.17, 15) is 4.79 Å². The highest BCUT2D eigenvalue weighted by Gasteiger charge is 2.18. The molecule has 0 spiro atoms. The van der Waals surface area contributed by atoms with Crippen molar-refractivity contribution >= 4 is 17.5 Å². The first kappa shape index (κ1) is 18.9. The van der Waals surface area contributed by atoms with Gasteiger partial charge in [-0.3, -0.25) is 4.79 Å². The maximum Gasteiger partial charge on any atom is 0.272 e. The lowest BCUT2D eigenvalue weighted by atomic mass is 9.86. The van der Waals surface area contributed by atoms with Crippen molar-refractivity contribution in [1.82, 2.24) is 14.9 Å². The first-order valence-corrected chi connectivity index (χ1v) is 8.78. The molecule has 0 atom stereocenters. The van der Waals surface area contributed by atoms with E-state index in [4.69, 9.17) is 0 Å². The standard InChI is InChI=1S/C20H28N4O/c1-6-7-14-24(5)18(25)17-12-13-21-19(23-17)22-16-11-9-8-10-15(16)20(2,3)4/h8-13H,6-7,14H2,1-5H3,(H,21,22,23). The Labute approximate surface area is 150 Å². The predicted molar refractivity (Wildman–Crippen MR) is 102 cm³/mol. The van der Waals surface area contributed by atoms with Crippen LogP contribution in [0.3, 0.4) is 0 Å². The van der Waals surface area contributed by atoms with Crippen LogP contribution >= 0.6 is 0 Å². The smallest absolute Gasteiger partial charge is 0.272 e. The molecule has 0 radical (unpaired) electrons. The zero-order valence-electron chi connectivity index (χ0n) is 15.8. The number of aromatic nitrogens is 2. The molecule has 0 aliphatic carbocycles. The molecule has 5 heteroatoms. The SMILES string of the molecule is CCCCN(C)C(=O)c1ccnc(Nc2ccccc2C(C)(C)C)n1. The molecule has 5 nitrogen and oxygen atoms in total. The number of amides is 1. The van der Waals surface area contributed by atoms with Crippen LogP contribution in [0.15, 0.2) is 36.5 Å². The molecule has 2 rings (SSSR count). The Kier molecular flexibility index (Phi) is 6.12. The van der Waals surface area contributed by atoms with Crippen LogP contribution in [-0.4, -0.2) is 34.4 Å². The molecule has 0 saturated heterocycles. The highest BCUT2D eigenvalue weighted by molar-refractivity contribution is 5.92. The molecule has 1 amide bonds. The van der Waals surface area contributed by atoms with E-state index < -0.39 is 0 Å². The van der Waals surface area contributed by atoms with Crippen LogP contribution in [0.4, 0.5) is 11.6 Å². The fourth-order valence-electron chi connectivity index (χ4n) is 2.60. The summed E-state index contributed by atoms with van der Waals surface area (Å²) < 4.78 is 0. The predicted octanol–water partition coefficient (Wildman–Crippen LogP) is 4.39. The molecule has 1 aromatic heterocycles. The fraction of sp³-hybridized carbons (Fsp3) is 0.450. The number of para-hydroxylation sites is 1. The van der Waals surface area contributed by atoms with E-state index in [0.717, 1.165) is 25.1 Å². The van der Waals surface area contributed by atoms with Gasteiger partial charge in [0.1, 0.15) is 5.69 Å². The van der Waals surface area contributed by atoms with E-state index in [1.165, 1.54) is 5.56 Å². The first-order chi connectivity index (χ1) is 11.8. The lowest BCUT2D eigenvalue weighted by Crippen LogP contribution is -2.28. The number of carbonyl (C=O) groups excluding carboxylic acids is 1. The summed E-state index contributed by atoms with van der Waals surface area (Å²) in [5.41, 5.74) is 2.54. The number of nitrogens with zero attached hydrogens (tertiary/aromatic N) is 3. The molecule has 0 bridgehead atoms. The Bertz CT molecular complexity index is 722. The van der Waals surface area contributed by atoms with Crippen molar-refractivity contribution in [3.8, 4) is 0 Å². The van der Waals surface area contributed by atoms with Gasteiger partial charge < -0.3 is 10.2 Å². The van der Waals surface area contributed by atoms with Crippen LogP contribution in [0.5, 0.6) is 0 Å². The lowest BCUT2D eigenvalue weighted by molar-refractivity contribution is 0.0787. The molecule has 2 aromatic rings. The van der Waals surface area contributed by atoms with Crippen molar-refractivity contribution < 1.29 is 4.79 Å². The third-order valence-electron chi connectivity index (χ3n) is 4.05. The van der Waals surface area contributed by atoms with Crippen molar-refractivity contribution in [3.05, 3.63) is 47.8 Å². The number of unbranched alkanes of at least 4 members (excludes halogenated alkanes) is 1. The second-order valence-corrected chi connectivity index (χ2v) is 7.27. The quantitative estimate of drug-likeness (QED) is 0.847. The van der Waals surface area contributed by atoms with E-state index in [2.05, 4.69) is 49.0 Å². The van der Waals surface area contributed by atoms with Gasteiger partial charge in [0.2, 0.25) is 5.95 Å². The van der Waals surface area contributed by atoms with Crippen LogP contribution < -0.4 is 5.32 Å². The molecule has 0 saturated carbocycles. The minimum atomic E-state index is -0.0805. The Balaban J connectivity index is 2.22. The number of hydrogen-bond acceptors (Lipinski definition) is 4. The largest absolute Gasteiger partial charge is 0.340 e. The molecule has 1 heterocycles. The summed E-state index contributed by atoms with van der Waals surface area (Å²) in [4.78, 5) is 22.9. The summed E-state index contributed by atoms with van der Waals surface area (Å²) in [7, 11) is 1.81.